The summed E-state index contributed by atoms with van der Waals surface area (Å²) in [7, 11) is 0. The highest BCUT2D eigenvalue weighted by atomic mass is 32.2. The monoisotopic (exact) mass is 249 g/mol. The van der Waals surface area contributed by atoms with E-state index in [9.17, 15) is 0 Å². The number of nitrogens with one attached hydrogen (secondary N) is 1. The summed E-state index contributed by atoms with van der Waals surface area (Å²) in [4.78, 5) is 15.7. The van der Waals surface area contributed by atoms with E-state index < -0.39 is 0 Å². The van der Waals surface area contributed by atoms with Gasteiger partial charge < -0.3 is 10.7 Å². The maximum absolute atomic E-state index is 5.91. The van der Waals surface area contributed by atoms with E-state index in [1.54, 1.807) is 12.7 Å². The van der Waals surface area contributed by atoms with Gasteiger partial charge in [-0.3, -0.25) is 0 Å². The van der Waals surface area contributed by atoms with Crippen LogP contribution in [0.3, 0.4) is 0 Å². The third-order valence-corrected chi connectivity index (χ3v) is 4.52. The summed E-state index contributed by atoms with van der Waals surface area (Å²) >= 11 is 1.82. The SMILES string of the molecule is NC1CCC(Sc2ncnc3nc[nH]c23)CC1. The number of hydrogen-bond acceptors (Lipinski definition) is 5. The minimum atomic E-state index is 0.393. The maximum atomic E-state index is 5.91. The number of nitrogens with two attached hydrogens (primary N) is 1. The van der Waals surface area contributed by atoms with Gasteiger partial charge in [0.05, 0.1) is 6.33 Å². The van der Waals surface area contributed by atoms with Crippen molar-refractivity contribution in [1.82, 2.24) is 19.9 Å². The van der Waals surface area contributed by atoms with E-state index in [0.717, 1.165) is 29.0 Å². The second-order valence-electron chi connectivity index (χ2n) is 4.43. The van der Waals surface area contributed by atoms with Crippen LogP contribution < -0.4 is 5.73 Å². The van der Waals surface area contributed by atoms with Gasteiger partial charge in [-0.1, -0.05) is 0 Å². The molecule has 2 aromatic rings. The van der Waals surface area contributed by atoms with Crippen LogP contribution in [0.15, 0.2) is 17.7 Å². The highest BCUT2D eigenvalue weighted by Gasteiger charge is 2.21. The van der Waals surface area contributed by atoms with E-state index in [0.29, 0.717) is 11.3 Å². The first-order chi connectivity index (χ1) is 8.33. The summed E-state index contributed by atoms with van der Waals surface area (Å²) in [5.74, 6) is 0. The molecule has 1 fully saturated rings. The normalized spacial score (nSPS) is 25.2. The first-order valence-corrected chi connectivity index (χ1v) is 6.77. The van der Waals surface area contributed by atoms with Gasteiger partial charge in [0.25, 0.3) is 0 Å². The molecule has 1 aliphatic carbocycles. The molecule has 0 amide bonds. The van der Waals surface area contributed by atoms with Gasteiger partial charge in [-0.05, 0) is 25.7 Å². The van der Waals surface area contributed by atoms with Gasteiger partial charge in [0.15, 0.2) is 5.65 Å². The van der Waals surface area contributed by atoms with Crippen LogP contribution in [0.5, 0.6) is 0 Å². The molecular weight excluding hydrogens is 234 g/mol. The Morgan fingerprint density at radius 1 is 1.18 bits per heavy atom. The molecule has 0 aromatic carbocycles. The highest BCUT2D eigenvalue weighted by Crippen LogP contribution is 2.34. The molecule has 0 aliphatic heterocycles. The third-order valence-electron chi connectivity index (χ3n) is 3.19. The number of nitrogens with zero attached hydrogens (tertiary/aromatic N) is 3. The van der Waals surface area contributed by atoms with Crippen LogP contribution in [-0.2, 0) is 0 Å². The Morgan fingerprint density at radius 3 is 2.82 bits per heavy atom. The molecule has 90 valence electrons. The van der Waals surface area contributed by atoms with E-state index in [-0.39, 0.29) is 0 Å². The zero-order valence-corrected chi connectivity index (χ0v) is 10.3. The van der Waals surface area contributed by atoms with Gasteiger partial charge in [0.1, 0.15) is 16.9 Å². The Kier molecular flexibility index (Phi) is 2.98. The van der Waals surface area contributed by atoms with Crippen molar-refractivity contribution in [3.05, 3.63) is 12.7 Å². The van der Waals surface area contributed by atoms with Gasteiger partial charge in [-0.25, -0.2) is 15.0 Å². The molecule has 0 bridgehead atoms. The summed E-state index contributed by atoms with van der Waals surface area (Å²) in [6, 6.07) is 0.393. The Hall–Kier alpha value is -1.14. The number of aromatic amines is 1. The van der Waals surface area contributed by atoms with Crippen molar-refractivity contribution in [2.24, 2.45) is 5.73 Å². The quantitative estimate of drug-likeness (QED) is 0.792. The van der Waals surface area contributed by atoms with E-state index in [1.165, 1.54) is 12.8 Å². The van der Waals surface area contributed by atoms with Crippen LogP contribution in [0.1, 0.15) is 25.7 Å². The molecule has 0 atom stereocenters. The van der Waals surface area contributed by atoms with E-state index in [2.05, 4.69) is 19.9 Å². The van der Waals surface area contributed by atoms with Crippen molar-refractivity contribution >= 4 is 22.9 Å². The zero-order valence-electron chi connectivity index (χ0n) is 9.47. The highest BCUT2D eigenvalue weighted by molar-refractivity contribution is 8.00. The molecule has 3 N–H and O–H groups in total. The summed E-state index contributed by atoms with van der Waals surface area (Å²) < 4.78 is 0. The topological polar surface area (TPSA) is 80.5 Å². The van der Waals surface area contributed by atoms with Crippen molar-refractivity contribution < 1.29 is 0 Å². The van der Waals surface area contributed by atoms with Crippen LogP contribution in [0.4, 0.5) is 0 Å². The molecule has 3 rings (SSSR count). The van der Waals surface area contributed by atoms with Crippen molar-refractivity contribution in [1.29, 1.82) is 0 Å². The number of rotatable bonds is 2. The Bertz CT molecular complexity index is 503. The second-order valence-corrected chi connectivity index (χ2v) is 5.72. The molecule has 1 saturated carbocycles. The van der Waals surface area contributed by atoms with Crippen molar-refractivity contribution in [2.75, 3.05) is 0 Å². The maximum Gasteiger partial charge on any atom is 0.181 e. The van der Waals surface area contributed by atoms with E-state index in [4.69, 9.17) is 5.73 Å². The molecule has 0 saturated heterocycles. The van der Waals surface area contributed by atoms with Crippen molar-refractivity contribution in [3.8, 4) is 0 Å². The molecule has 5 nitrogen and oxygen atoms in total. The lowest BCUT2D eigenvalue weighted by molar-refractivity contribution is 0.450. The summed E-state index contributed by atoms with van der Waals surface area (Å²) in [6.07, 6.45) is 7.83. The number of fused-ring (bicyclic) bond motifs is 1. The molecule has 17 heavy (non-hydrogen) atoms. The third kappa shape index (κ3) is 2.28. The minimum absolute atomic E-state index is 0.393. The molecule has 0 spiro atoms. The summed E-state index contributed by atoms with van der Waals surface area (Å²) in [5, 5.41) is 1.63. The number of aromatic nitrogens is 4. The molecular formula is C11H15N5S. The molecule has 6 heteroatoms. The number of thioether (sulfide) groups is 1. The van der Waals surface area contributed by atoms with Crippen molar-refractivity contribution in [2.45, 2.75) is 42.0 Å². The fraction of sp³-hybridized carbons (Fsp3) is 0.545. The van der Waals surface area contributed by atoms with E-state index >= 15 is 0 Å². The largest absolute Gasteiger partial charge is 0.341 e. The van der Waals surface area contributed by atoms with Crippen LogP contribution in [0, 0.1) is 0 Å². The first kappa shape index (κ1) is 11.0. The first-order valence-electron chi connectivity index (χ1n) is 5.89. The second kappa shape index (κ2) is 4.62. The fourth-order valence-electron chi connectivity index (χ4n) is 2.20. The predicted octanol–water partition coefficient (Wildman–Crippen LogP) is 1.71. The lowest BCUT2D eigenvalue weighted by atomic mass is 9.96. The predicted molar refractivity (Wildman–Crippen MR) is 67.8 cm³/mol. The summed E-state index contributed by atoms with van der Waals surface area (Å²) in [6.45, 7) is 0. The van der Waals surface area contributed by atoms with Gasteiger partial charge in [0, 0.05) is 11.3 Å². The standard InChI is InChI=1S/C11H15N5S/c12-7-1-3-8(4-2-7)17-11-9-10(14-5-13-9)15-6-16-11/h5-8H,1-4,12H2,(H,13,14,15,16). The van der Waals surface area contributed by atoms with Gasteiger partial charge in [-0.15, -0.1) is 11.8 Å². The van der Waals surface area contributed by atoms with Crippen LogP contribution in [0.2, 0.25) is 0 Å². The average Bonchev–Trinajstić information content (AvgIpc) is 2.81. The smallest absolute Gasteiger partial charge is 0.181 e. The van der Waals surface area contributed by atoms with Gasteiger partial charge in [-0.2, -0.15) is 0 Å². The average molecular weight is 249 g/mol. The number of H-pyrrole nitrogens is 1. The van der Waals surface area contributed by atoms with Crippen molar-refractivity contribution in [3.63, 3.8) is 0 Å². The van der Waals surface area contributed by atoms with Gasteiger partial charge in [0.2, 0.25) is 0 Å². The number of imidazole rings is 1. The lowest BCUT2D eigenvalue weighted by Crippen LogP contribution is -2.27. The minimum Gasteiger partial charge on any atom is -0.341 e. The number of hydrogen-bond donors (Lipinski definition) is 2. The fourth-order valence-corrected chi connectivity index (χ4v) is 3.40. The molecule has 2 aromatic heterocycles. The lowest BCUT2D eigenvalue weighted by Gasteiger charge is -2.25. The molecule has 0 radical (unpaired) electrons. The summed E-state index contributed by atoms with van der Waals surface area (Å²) in [5.41, 5.74) is 7.61. The van der Waals surface area contributed by atoms with Gasteiger partial charge >= 0.3 is 0 Å². The Labute approximate surface area is 104 Å². The van der Waals surface area contributed by atoms with Crippen LogP contribution >= 0.6 is 11.8 Å². The Balaban J connectivity index is 1.78. The zero-order chi connectivity index (χ0) is 11.7. The molecule has 0 unspecified atom stereocenters. The molecule has 1 aliphatic rings. The van der Waals surface area contributed by atoms with Crippen LogP contribution in [0.25, 0.3) is 11.2 Å². The Morgan fingerprint density at radius 2 is 2.00 bits per heavy atom. The van der Waals surface area contributed by atoms with Crippen LogP contribution in [-0.4, -0.2) is 31.2 Å². The van der Waals surface area contributed by atoms with E-state index in [1.807, 2.05) is 11.8 Å². The molecule has 2 heterocycles.